The van der Waals surface area contributed by atoms with Gasteiger partial charge in [0.2, 0.25) is 0 Å². The van der Waals surface area contributed by atoms with Gasteiger partial charge in [-0.25, -0.2) is 4.39 Å². The monoisotopic (exact) mass is 397 g/mol. The van der Waals surface area contributed by atoms with Gasteiger partial charge >= 0.3 is 0 Å². The summed E-state index contributed by atoms with van der Waals surface area (Å²) in [7, 11) is 0. The minimum Gasteiger partial charge on any atom is -0.352 e. The van der Waals surface area contributed by atoms with Crippen LogP contribution in [0.5, 0.6) is 0 Å². The predicted molar refractivity (Wildman–Crippen MR) is 112 cm³/mol. The van der Waals surface area contributed by atoms with Crippen molar-refractivity contribution in [3.8, 4) is 0 Å². The smallest absolute Gasteiger partial charge is 0.255 e. The van der Waals surface area contributed by atoms with E-state index in [4.69, 9.17) is 5.73 Å². The number of anilines is 1. The Labute approximate surface area is 170 Å². The third-order valence-electron chi connectivity index (χ3n) is 5.60. The molecule has 4 N–H and O–H groups in total. The summed E-state index contributed by atoms with van der Waals surface area (Å²) < 4.78 is 13.3. The Hall–Kier alpha value is -2.73. The maximum atomic E-state index is 13.3. The molecule has 2 amide bonds. The Kier molecular flexibility index (Phi) is 6.99. The number of halogens is 1. The van der Waals surface area contributed by atoms with Gasteiger partial charge in [0.15, 0.2) is 0 Å². The van der Waals surface area contributed by atoms with Gasteiger partial charge < -0.3 is 16.4 Å². The molecular formula is C23H28FN3O2. The Balaban J connectivity index is 1.58. The van der Waals surface area contributed by atoms with Gasteiger partial charge in [0.1, 0.15) is 5.82 Å². The molecule has 0 saturated heterocycles. The van der Waals surface area contributed by atoms with Crippen LogP contribution < -0.4 is 16.4 Å². The zero-order chi connectivity index (χ0) is 20.8. The van der Waals surface area contributed by atoms with E-state index in [2.05, 4.69) is 10.6 Å². The highest BCUT2D eigenvalue weighted by molar-refractivity contribution is 6.05. The first-order chi connectivity index (χ1) is 14.0. The molecule has 29 heavy (non-hydrogen) atoms. The third-order valence-corrected chi connectivity index (χ3v) is 5.60. The van der Waals surface area contributed by atoms with Crippen LogP contribution in [0.3, 0.4) is 0 Å². The number of benzene rings is 2. The fraction of sp³-hybridized carbons (Fsp3) is 0.391. The van der Waals surface area contributed by atoms with Gasteiger partial charge in [-0.05, 0) is 86.5 Å². The minimum atomic E-state index is -0.461. The van der Waals surface area contributed by atoms with Crippen molar-refractivity contribution in [2.24, 2.45) is 17.6 Å². The molecule has 1 aliphatic rings. The molecule has 1 saturated carbocycles. The number of rotatable bonds is 6. The highest BCUT2D eigenvalue weighted by atomic mass is 19.1. The van der Waals surface area contributed by atoms with E-state index in [9.17, 15) is 14.0 Å². The van der Waals surface area contributed by atoms with Gasteiger partial charge in [-0.1, -0.05) is 12.5 Å². The molecule has 1 fully saturated rings. The summed E-state index contributed by atoms with van der Waals surface area (Å²) in [4.78, 5) is 24.8. The molecule has 1 aliphatic carbocycles. The third kappa shape index (κ3) is 5.64. The van der Waals surface area contributed by atoms with Crippen molar-refractivity contribution in [2.75, 3.05) is 18.4 Å². The van der Waals surface area contributed by atoms with Gasteiger partial charge in [0.25, 0.3) is 11.8 Å². The van der Waals surface area contributed by atoms with Crippen molar-refractivity contribution in [2.45, 2.75) is 32.6 Å². The lowest BCUT2D eigenvalue weighted by Gasteiger charge is -2.28. The van der Waals surface area contributed by atoms with Crippen LogP contribution >= 0.6 is 0 Å². The van der Waals surface area contributed by atoms with E-state index in [1.807, 2.05) is 6.92 Å². The highest BCUT2D eigenvalue weighted by Gasteiger charge is 2.21. The quantitative estimate of drug-likeness (QED) is 0.692. The molecule has 0 radical (unpaired) electrons. The van der Waals surface area contributed by atoms with E-state index < -0.39 is 11.7 Å². The molecule has 0 bridgehead atoms. The molecule has 0 aromatic heterocycles. The van der Waals surface area contributed by atoms with Crippen LogP contribution in [-0.4, -0.2) is 24.9 Å². The van der Waals surface area contributed by atoms with Crippen molar-refractivity contribution in [1.82, 2.24) is 5.32 Å². The first-order valence-corrected chi connectivity index (χ1v) is 10.1. The van der Waals surface area contributed by atoms with E-state index in [0.29, 0.717) is 36.2 Å². The van der Waals surface area contributed by atoms with Crippen LogP contribution in [0, 0.1) is 24.6 Å². The average molecular weight is 397 g/mol. The maximum Gasteiger partial charge on any atom is 0.255 e. The Morgan fingerprint density at radius 3 is 2.55 bits per heavy atom. The van der Waals surface area contributed by atoms with Crippen LogP contribution in [0.1, 0.15) is 52.0 Å². The van der Waals surface area contributed by atoms with Crippen molar-refractivity contribution in [1.29, 1.82) is 0 Å². The van der Waals surface area contributed by atoms with Crippen LogP contribution in [0.2, 0.25) is 0 Å². The van der Waals surface area contributed by atoms with Crippen LogP contribution in [0.25, 0.3) is 0 Å². The lowest BCUT2D eigenvalue weighted by atomic mass is 9.81. The fourth-order valence-electron chi connectivity index (χ4n) is 3.91. The van der Waals surface area contributed by atoms with Gasteiger partial charge in [-0.15, -0.1) is 0 Å². The lowest BCUT2D eigenvalue weighted by molar-refractivity contribution is 0.0940. The molecule has 0 spiro atoms. The molecule has 154 valence electrons. The fourth-order valence-corrected chi connectivity index (χ4v) is 3.91. The molecule has 0 heterocycles. The van der Waals surface area contributed by atoms with Gasteiger partial charge in [0, 0.05) is 23.4 Å². The van der Waals surface area contributed by atoms with E-state index in [0.717, 1.165) is 18.4 Å². The van der Waals surface area contributed by atoms with Crippen LogP contribution in [-0.2, 0) is 0 Å². The van der Waals surface area contributed by atoms with Crippen molar-refractivity contribution < 1.29 is 14.0 Å². The molecule has 2 aromatic rings. The molecule has 2 atom stereocenters. The molecule has 0 aliphatic heterocycles. The Morgan fingerprint density at radius 2 is 1.83 bits per heavy atom. The van der Waals surface area contributed by atoms with Crippen molar-refractivity contribution in [3.63, 3.8) is 0 Å². The van der Waals surface area contributed by atoms with Gasteiger partial charge in [0.05, 0.1) is 0 Å². The first kappa shape index (κ1) is 21.0. The van der Waals surface area contributed by atoms with Gasteiger partial charge in [-0.3, -0.25) is 9.59 Å². The molecular weight excluding hydrogens is 369 g/mol. The number of carbonyl (C=O) groups is 2. The lowest BCUT2D eigenvalue weighted by Crippen LogP contribution is -2.33. The van der Waals surface area contributed by atoms with Crippen LogP contribution in [0.15, 0.2) is 42.5 Å². The van der Waals surface area contributed by atoms with Gasteiger partial charge in [-0.2, -0.15) is 0 Å². The summed E-state index contributed by atoms with van der Waals surface area (Å²) in [5, 5.41) is 5.79. The highest BCUT2D eigenvalue weighted by Crippen LogP contribution is 2.28. The van der Waals surface area contributed by atoms with Crippen molar-refractivity contribution in [3.05, 3.63) is 65.0 Å². The average Bonchev–Trinajstić information content (AvgIpc) is 2.73. The Bertz CT molecular complexity index is 884. The summed E-state index contributed by atoms with van der Waals surface area (Å²) in [5.74, 6) is 0.0701. The van der Waals surface area contributed by atoms with E-state index in [-0.39, 0.29) is 11.5 Å². The largest absolute Gasteiger partial charge is 0.352 e. The zero-order valence-electron chi connectivity index (χ0n) is 16.7. The molecule has 3 rings (SSSR count). The SMILES string of the molecule is Cc1cc(C(=O)NCC2CCCC(CN)C2)ccc1NC(=O)c1cccc(F)c1. The summed E-state index contributed by atoms with van der Waals surface area (Å²) in [6.07, 6.45) is 4.55. The molecule has 2 unspecified atom stereocenters. The second kappa shape index (κ2) is 9.65. The number of hydrogen-bond donors (Lipinski definition) is 3. The summed E-state index contributed by atoms with van der Waals surface area (Å²) in [5.41, 5.74) is 7.94. The minimum absolute atomic E-state index is 0.119. The standard InChI is InChI=1S/C23H28FN3O2/c1-15-10-19(22(28)26-14-17-5-2-4-16(11-17)13-25)8-9-21(15)27-23(29)18-6-3-7-20(24)12-18/h3,6-10,12,16-17H,2,4-5,11,13-14,25H2,1H3,(H,26,28)(H,27,29). The number of carbonyl (C=O) groups excluding carboxylic acids is 2. The van der Waals surface area contributed by atoms with Crippen molar-refractivity contribution >= 4 is 17.5 Å². The summed E-state index contributed by atoms with van der Waals surface area (Å²) in [6, 6.07) is 10.7. The number of nitrogens with two attached hydrogens (primary N) is 1. The number of hydrogen-bond acceptors (Lipinski definition) is 3. The number of aryl methyl sites for hydroxylation is 1. The predicted octanol–water partition coefficient (Wildman–Crippen LogP) is 3.88. The normalized spacial score (nSPS) is 18.9. The number of amides is 2. The molecule has 6 heteroatoms. The first-order valence-electron chi connectivity index (χ1n) is 10.1. The second-order valence-corrected chi connectivity index (χ2v) is 7.84. The summed E-state index contributed by atoms with van der Waals surface area (Å²) in [6.45, 7) is 3.20. The maximum absolute atomic E-state index is 13.3. The van der Waals surface area contributed by atoms with E-state index >= 15 is 0 Å². The molecule has 5 nitrogen and oxygen atoms in total. The van der Waals surface area contributed by atoms with Crippen LogP contribution in [0.4, 0.5) is 10.1 Å². The number of nitrogens with one attached hydrogen (secondary N) is 2. The Morgan fingerprint density at radius 1 is 1.07 bits per heavy atom. The topological polar surface area (TPSA) is 84.2 Å². The second-order valence-electron chi connectivity index (χ2n) is 7.84. The summed E-state index contributed by atoms with van der Waals surface area (Å²) >= 11 is 0. The molecule has 2 aromatic carbocycles. The van der Waals surface area contributed by atoms with E-state index in [1.54, 1.807) is 24.3 Å². The van der Waals surface area contributed by atoms with E-state index in [1.165, 1.54) is 31.0 Å². The zero-order valence-corrected chi connectivity index (χ0v) is 16.7.